The molecule has 9 heteroatoms. The molecule has 2 amide bonds. The number of piperidine rings is 1. The van der Waals surface area contributed by atoms with Crippen LogP contribution in [0.2, 0.25) is 10.0 Å². The van der Waals surface area contributed by atoms with Crippen LogP contribution in [0.25, 0.3) is 0 Å². The number of amides is 2. The Balaban J connectivity index is 2.00. The predicted octanol–water partition coefficient (Wildman–Crippen LogP) is 5.84. The molecule has 0 aliphatic carbocycles. The van der Waals surface area contributed by atoms with Gasteiger partial charge in [-0.15, -0.1) is 0 Å². The van der Waals surface area contributed by atoms with Crippen molar-refractivity contribution in [1.82, 2.24) is 9.80 Å². The Labute approximate surface area is 243 Å². The molecule has 1 aliphatic heterocycles. The smallest absolute Gasteiger partial charge is 0.410 e. The van der Waals surface area contributed by atoms with Gasteiger partial charge in [-0.25, -0.2) is 4.79 Å². The van der Waals surface area contributed by atoms with Crippen molar-refractivity contribution in [2.75, 3.05) is 46.8 Å². The summed E-state index contributed by atoms with van der Waals surface area (Å²) in [5, 5.41) is 0.968. The van der Waals surface area contributed by atoms with Gasteiger partial charge < -0.3 is 24.8 Å². The zero-order valence-electron chi connectivity index (χ0n) is 24.0. The third-order valence-electron chi connectivity index (χ3n) is 7.87. The highest BCUT2D eigenvalue weighted by atomic mass is 35.5. The lowest BCUT2D eigenvalue weighted by Gasteiger charge is -2.54. The average molecular weight is 579 g/mol. The molecule has 2 aromatic carbocycles. The van der Waals surface area contributed by atoms with Crippen molar-refractivity contribution in [3.8, 4) is 0 Å². The predicted molar refractivity (Wildman–Crippen MR) is 158 cm³/mol. The van der Waals surface area contributed by atoms with Gasteiger partial charge in [0, 0.05) is 45.5 Å². The number of hydrogen-bond acceptors (Lipinski definition) is 4. The summed E-state index contributed by atoms with van der Waals surface area (Å²) in [5.41, 5.74) is 7.04. The average Bonchev–Trinajstić information content (AvgIpc) is 2.87. The third kappa shape index (κ3) is 7.26. The number of likely N-dealkylation sites (N-methyl/N-ethyl adjacent to an activating group) is 2. The molecule has 2 aromatic rings. The maximum Gasteiger partial charge on any atom is 0.410 e. The fraction of sp³-hybridized carbons (Fsp3) is 0.533. The molecule has 1 saturated heterocycles. The van der Waals surface area contributed by atoms with Crippen LogP contribution in [0.3, 0.4) is 0 Å². The molecule has 1 fully saturated rings. The van der Waals surface area contributed by atoms with E-state index >= 15 is 0 Å². The second-order valence-corrected chi connectivity index (χ2v) is 12.6. The molecule has 0 saturated carbocycles. The molecular weight excluding hydrogens is 535 g/mol. The Morgan fingerprint density at radius 2 is 1.69 bits per heavy atom. The number of rotatable bonds is 8. The lowest BCUT2D eigenvalue weighted by Crippen LogP contribution is -2.62. The van der Waals surface area contributed by atoms with Crippen LogP contribution in [0.15, 0.2) is 48.5 Å². The molecule has 2 N–H and O–H groups in total. The monoisotopic (exact) mass is 577 g/mol. The van der Waals surface area contributed by atoms with Crippen molar-refractivity contribution in [3.63, 3.8) is 0 Å². The highest BCUT2D eigenvalue weighted by Gasteiger charge is 2.49. The van der Waals surface area contributed by atoms with E-state index in [2.05, 4.69) is 19.2 Å². The number of carbonyl (C=O) groups is 2. The van der Waals surface area contributed by atoms with Crippen LogP contribution in [0.4, 0.5) is 4.79 Å². The summed E-state index contributed by atoms with van der Waals surface area (Å²) in [7, 11) is 3.98. The van der Waals surface area contributed by atoms with E-state index in [-0.39, 0.29) is 18.0 Å². The highest BCUT2D eigenvalue weighted by Crippen LogP contribution is 2.44. The largest absolute Gasteiger partial charge is 0.444 e. The number of halogens is 2. The van der Waals surface area contributed by atoms with Crippen molar-refractivity contribution in [2.24, 2.45) is 5.73 Å². The van der Waals surface area contributed by atoms with Crippen molar-refractivity contribution < 1.29 is 18.8 Å². The summed E-state index contributed by atoms with van der Waals surface area (Å²) >= 11 is 12.7. The Bertz CT molecular complexity index is 1140. The van der Waals surface area contributed by atoms with Gasteiger partial charge in [-0.05, 0) is 38.5 Å². The zero-order valence-corrected chi connectivity index (χ0v) is 25.6. The van der Waals surface area contributed by atoms with Crippen molar-refractivity contribution in [1.29, 1.82) is 0 Å². The third-order valence-corrected chi connectivity index (χ3v) is 8.60. The SMILES string of the molecule is CC(=O)N(CCN)C1(c2ccccc2)CC[N+](C)(C(CN(C)C(=O)OC(C)(C)C)c2ccc(Cl)c(Cl)c2)CC1. The molecule has 0 bridgehead atoms. The second-order valence-electron chi connectivity index (χ2n) is 11.8. The van der Waals surface area contributed by atoms with Gasteiger partial charge in [0.15, 0.2) is 0 Å². The van der Waals surface area contributed by atoms with Crippen molar-refractivity contribution >= 4 is 35.2 Å². The van der Waals surface area contributed by atoms with E-state index in [1.54, 1.807) is 18.9 Å². The normalized spacial score (nSPS) is 22.2. The number of hydrogen-bond donors (Lipinski definition) is 1. The molecule has 0 aromatic heterocycles. The molecule has 214 valence electrons. The van der Waals surface area contributed by atoms with Gasteiger partial charge in [-0.3, -0.25) is 4.79 Å². The van der Waals surface area contributed by atoms with Gasteiger partial charge in [-0.2, -0.15) is 0 Å². The van der Waals surface area contributed by atoms with E-state index < -0.39 is 11.1 Å². The minimum absolute atomic E-state index is 0.0195. The number of benzene rings is 2. The van der Waals surface area contributed by atoms with Crippen LogP contribution >= 0.6 is 23.2 Å². The van der Waals surface area contributed by atoms with E-state index in [0.717, 1.165) is 37.1 Å². The molecule has 7 nitrogen and oxygen atoms in total. The number of carbonyl (C=O) groups excluding carboxylic acids is 2. The van der Waals surface area contributed by atoms with Crippen molar-refractivity contribution in [3.05, 3.63) is 69.7 Å². The minimum atomic E-state index is -0.595. The Hall–Kier alpha value is -2.32. The number of nitrogens with zero attached hydrogens (tertiary/aromatic N) is 3. The van der Waals surface area contributed by atoms with Crippen molar-refractivity contribution in [2.45, 2.75) is 57.7 Å². The van der Waals surface area contributed by atoms with Crippen LogP contribution in [-0.2, 0) is 15.1 Å². The summed E-state index contributed by atoms with van der Waals surface area (Å²) in [5.74, 6) is 0.0195. The maximum atomic E-state index is 13.0. The van der Waals surface area contributed by atoms with E-state index in [0.29, 0.717) is 34.2 Å². The molecule has 0 spiro atoms. The summed E-state index contributed by atoms with van der Waals surface area (Å²) in [6.07, 6.45) is 1.13. The van der Waals surface area contributed by atoms with Crippen LogP contribution in [0.1, 0.15) is 57.7 Å². The molecule has 3 rings (SSSR count). The summed E-state index contributed by atoms with van der Waals surface area (Å²) < 4.78 is 6.31. The number of quaternary nitrogens is 1. The van der Waals surface area contributed by atoms with Gasteiger partial charge in [-0.1, -0.05) is 59.6 Å². The first-order valence-corrected chi connectivity index (χ1v) is 14.2. The van der Waals surface area contributed by atoms with Crippen LogP contribution in [-0.4, -0.2) is 78.7 Å². The molecule has 0 radical (unpaired) electrons. The van der Waals surface area contributed by atoms with E-state index in [9.17, 15) is 9.59 Å². The fourth-order valence-electron chi connectivity index (χ4n) is 5.75. The van der Waals surface area contributed by atoms with Gasteiger partial charge in [0.05, 0.1) is 42.3 Å². The Morgan fingerprint density at radius 3 is 2.21 bits per heavy atom. The number of likely N-dealkylation sites (tertiary alicyclic amines) is 1. The first-order chi connectivity index (χ1) is 18.2. The summed E-state index contributed by atoms with van der Waals surface area (Å²) in [4.78, 5) is 29.5. The first-order valence-electron chi connectivity index (χ1n) is 13.5. The molecule has 39 heavy (non-hydrogen) atoms. The van der Waals surface area contributed by atoms with Crippen LogP contribution < -0.4 is 5.73 Å². The van der Waals surface area contributed by atoms with E-state index in [1.165, 1.54) is 0 Å². The highest BCUT2D eigenvalue weighted by molar-refractivity contribution is 6.42. The Morgan fingerprint density at radius 1 is 1.08 bits per heavy atom. The standard InChI is InChI=1S/C30H43Cl2N4O3/c1-22(37)35(17-16-33)30(24-10-8-7-9-11-24)14-18-36(6,19-15-30)27(23-12-13-25(31)26(32)20-23)21-34(5)28(38)39-29(2,3)4/h7-13,20,27H,14-19,21,33H2,1-6H3/q+1. The van der Waals surface area contributed by atoms with E-state index in [1.807, 2.05) is 62.1 Å². The first kappa shape index (κ1) is 31.2. The lowest BCUT2D eigenvalue weighted by atomic mass is 9.77. The second kappa shape index (κ2) is 12.5. The number of ether oxygens (including phenoxy) is 1. The molecule has 1 aliphatic rings. The number of nitrogens with two attached hydrogens (primary N) is 1. The summed E-state index contributed by atoms with van der Waals surface area (Å²) in [6, 6.07) is 15.9. The van der Waals surface area contributed by atoms with Gasteiger partial charge >= 0.3 is 6.09 Å². The molecular formula is C30H43Cl2N4O3+. The molecule has 1 unspecified atom stereocenters. The minimum Gasteiger partial charge on any atom is -0.444 e. The zero-order chi connectivity index (χ0) is 29.0. The fourth-order valence-corrected chi connectivity index (χ4v) is 6.06. The van der Waals surface area contributed by atoms with Gasteiger partial charge in [0.25, 0.3) is 0 Å². The quantitative estimate of drug-likeness (QED) is 0.399. The topological polar surface area (TPSA) is 75.9 Å². The van der Waals surface area contributed by atoms with E-state index in [4.69, 9.17) is 33.7 Å². The maximum absolute atomic E-state index is 13.0. The van der Waals surface area contributed by atoms with Gasteiger partial charge in [0.2, 0.25) is 5.91 Å². The molecule has 1 heterocycles. The summed E-state index contributed by atoms with van der Waals surface area (Å²) in [6.45, 7) is 10.1. The Kier molecular flexibility index (Phi) is 9.97. The lowest BCUT2D eigenvalue weighted by molar-refractivity contribution is -0.945. The van der Waals surface area contributed by atoms with Crippen LogP contribution in [0.5, 0.6) is 0 Å². The molecule has 1 atom stereocenters. The van der Waals surface area contributed by atoms with Crippen LogP contribution in [0, 0.1) is 0 Å². The van der Waals surface area contributed by atoms with Gasteiger partial charge in [0.1, 0.15) is 11.6 Å².